The number of aliphatic hydroxyl groups is 3. The molecule has 0 bridgehead atoms. The Morgan fingerprint density at radius 2 is 2.13 bits per heavy atom. The molecule has 0 aromatic heterocycles. The zero-order valence-corrected chi connectivity index (χ0v) is 8.60. The Bertz CT molecular complexity index is 311. The van der Waals surface area contributed by atoms with E-state index < -0.39 is 6.10 Å². The first-order chi connectivity index (χ1) is 7.15. The first-order valence-electron chi connectivity index (χ1n) is 4.71. The normalized spacial score (nSPS) is 12.5. The fourth-order valence-electron chi connectivity index (χ4n) is 1.17. The Morgan fingerprint density at radius 3 is 2.73 bits per heavy atom. The summed E-state index contributed by atoms with van der Waals surface area (Å²) in [7, 11) is 0. The van der Waals surface area contributed by atoms with Crippen molar-refractivity contribution in [2.45, 2.75) is 19.6 Å². The van der Waals surface area contributed by atoms with E-state index in [2.05, 4.69) is 6.07 Å². The molecule has 0 saturated heterocycles. The molecule has 83 valence electrons. The van der Waals surface area contributed by atoms with Gasteiger partial charge in [-0.15, -0.1) is 0 Å². The van der Waals surface area contributed by atoms with Crippen LogP contribution in [0.5, 0.6) is 5.75 Å². The molecule has 1 aromatic rings. The van der Waals surface area contributed by atoms with Crippen LogP contribution in [0.25, 0.3) is 0 Å². The average Bonchev–Trinajstić information content (AvgIpc) is 2.25. The van der Waals surface area contributed by atoms with Crippen molar-refractivity contribution in [2.24, 2.45) is 0 Å². The molecule has 3 N–H and O–H groups in total. The van der Waals surface area contributed by atoms with Crippen molar-refractivity contribution < 1.29 is 20.1 Å². The van der Waals surface area contributed by atoms with Gasteiger partial charge in [0.2, 0.25) is 0 Å². The van der Waals surface area contributed by atoms with Crippen LogP contribution in [0.3, 0.4) is 0 Å². The summed E-state index contributed by atoms with van der Waals surface area (Å²) in [5.74, 6) is 0.558. The summed E-state index contributed by atoms with van der Waals surface area (Å²) in [5.41, 5.74) is 1.50. The van der Waals surface area contributed by atoms with Crippen LogP contribution in [0.15, 0.2) is 12.1 Å². The molecule has 4 nitrogen and oxygen atoms in total. The molecule has 0 spiro atoms. The molecule has 1 aromatic carbocycles. The maximum Gasteiger partial charge on any atom is 0.120 e. The first kappa shape index (κ1) is 12.0. The summed E-state index contributed by atoms with van der Waals surface area (Å²) < 4.78 is 5.24. The van der Waals surface area contributed by atoms with Gasteiger partial charge in [-0.25, -0.2) is 0 Å². The number of benzene rings is 1. The van der Waals surface area contributed by atoms with Crippen molar-refractivity contribution in [3.63, 3.8) is 0 Å². The highest BCUT2D eigenvalue weighted by Crippen LogP contribution is 2.16. The highest BCUT2D eigenvalue weighted by Gasteiger charge is 2.04. The molecule has 0 saturated carbocycles. The maximum absolute atomic E-state index is 9.08. The second-order valence-corrected chi connectivity index (χ2v) is 3.33. The molecule has 0 aliphatic heterocycles. The second-order valence-electron chi connectivity index (χ2n) is 3.33. The zero-order valence-electron chi connectivity index (χ0n) is 8.60. The van der Waals surface area contributed by atoms with Gasteiger partial charge in [0, 0.05) is 0 Å². The lowest BCUT2D eigenvalue weighted by Crippen LogP contribution is -2.21. The fourth-order valence-corrected chi connectivity index (χ4v) is 1.17. The van der Waals surface area contributed by atoms with Crippen molar-refractivity contribution in [3.8, 4) is 5.75 Å². The van der Waals surface area contributed by atoms with E-state index in [4.69, 9.17) is 20.1 Å². The third-order valence-electron chi connectivity index (χ3n) is 1.86. The molecule has 0 aliphatic carbocycles. The lowest BCUT2D eigenvalue weighted by Gasteiger charge is -2.11. The molecule has 0 heterocycles. The van der Waals surface area contributed by atoms with Crippen LogP contribution in [0.1, 0.15) is 11.1 Å². The van der Waals surface area contributed by atoms with E-state index >= 15 is 0 Å². The summed E-state index contributed by atoms with van der Waals surface area (Å²) in [5, 5.41) is 26.6. The summed E-state index contributed by atoms with van der Waals surface area (Å²) >= 11 is 0. The minimum atomic E-state index is -0.882. The van der Waals surface area contributed by atoms with Crippen LogP contribution in [-0.4, -0.2) is 34.6 Å². The number of ether oxygens (including phenoxy) is 1. The Morgan fingerprint density at radius 1 is 1.40 bits per heavy atom. The molecule has 1 unspecified atom stereocenters. The van der Waals surface area contributed by atoms with E-state index in [1.54, 1.807) is 12.1 Å². The highest BCUT2D eigenvalue weighted by molar-refractivity contribution is 5.32. The number of aryl methyl sites for hydroxylation is 1. The Balaban J connectivity index is 2.64. The summed E-state index contributed by atoms with van der Waals surface area (Å²) in [6.45, 7) is 1.45. The number of hydrogen-bond donors (Lipinski definition) is 3. The molecule has 1 atom stereocenters. The Kier molecular flexibility index (Phi) is 4.55. The lowest BCUT2D eigenvalue weighted by atomic mass is 10.1. The van der Waals surface area contributed by atoms with E-state index in [9.17, 15) is 0 Å². The van der Waals surface area contributed by atoms with Gasteiger partial charge in [0.25, 0.3) is 0 Å². The van der Waals surface area contributed by atoms with Crippen LogP contribution < -0.4 is 4.74 Å². The molecule has 0 amide bonds. The van der Waals surface area contributed by atoms with Gasteiger partial charge in [-0.3, -0.25) is 0 Å². The van der Waals surface area contributed by atoms with Crippen molar-refractivity contribution in [3.05, 3.63) is 29.3 Å². The summed E-state index contributed by atoms with van der Waals surface area (Å²) in [6.07, 6.45) is -0.882. The van der Waals surface area contributed by atoms with E-state index in [-0.39, 0.29) is 19.8 Å². The third kappa shape index (κ3) is 3.87. The minimum absolute atomic E-state index is 0.0326. The molecular formula is C11H15O4. The number of hydrogen-bond acceptors (Lipinski definition) is 4. The Labute approximate surface area is 88.8 Å². The highest BCUT2D eigenvalue weighted by atomic mass is 16.5. The van der Waals surface area contributed by atoms with Crippen LogP contribution >= 0.6 is 0 Å². The second kappa shape index (κ2) is 5.70. The number of rotatable bonds is 5. The maximum atomic E-state index is 9.08. The SMILES string of the molecule is Cc1[c]c(CO)cc(OCC(O)CO)c1. The quantitative estimate of drug-likeness (QED) is 0.642. The van der Waals surface area contributed by atoms with Gasteiger partial charge in [0.1, 0.15) is 18.5 Å². The van der Waals surface area contributed by atoms with Crippen LogP contribution in [0, 0.1) is 13.0 Å². The van der Waals surface area contributed by atoms with Gasteiger partial charge in [-0.1, -0.05) is 0 Å². The largest absolute Gasteiger partial charge is 0.491 e. The molecule has 1 radical (unpaired) electrons. The molecular weight excluding hydrogens is 196 g/mol. The molecule has 0 aliphatic rings. The monoisotopic (exact) mass is 211 g/mol. The summed E-state index contributed by atoms with van der Waals surface area (Å²) in [4.78, 5) is 0. The smallest absolute Gasteiger partial charge is 0.120 e. The number of aliphatic hydroxyl groups excluding tert-OH is 3. The molecule has 15 heavy (non-hydrogen) atoms. The van der Waals surface area contributed by atoms with Gasteiger partial charge in [0.15, 0.2) is 0 Å². The zero-order chi connectivity index (χ0) is 11.3. The molecule has 4 heteroatoms. The summed E-state index contributed by atoms with van der Waals surface area (Å²) in [6, 6.07) is 6.36. The van der Waals surface area contributed by atoms with Crippen molar-refractivity contribution in [2.75, 3.05) is 13.2 Å². The van der Waals surface area contributed by atoms with Gasteiger partial charge in [-0.05, 0) is 36.2 Å². The third-order valence-corrected chi connectivity index (χ3v) is 1.86. The topological polar surface area (TPSA) is 69.9 Å². The van der Waals surface area contributed by atoms with Crippen molar-refractivity contribution in [1.29, 1.82) is 0 Å². The van der Waals surface area contributed by atoms with Crippen LogP contribution in [0.2, 0.25) is 0 Å². The molecule has 0 fully saturated rings. The first-order valence-corrected chi connectivity index (χ1v) is 4.71. The van der Waals surface area contributed by atoms with E-state index in [1.165, 1.54) is 0 Å². The van der Waals surface area contributed by atoms with Gasteiger partial charge < -0.3 is 20.1 Å². The van der Waals surface area contributed by atoms with Gasteiger partial charge >= 0.3 is 0 Å². The standard InChI is InChI=1S/C11H15O4/c1-8-2-9(5-12)4-11(3-8)15-7-10(14)6-13/h3-4,10,12-14H,5-7H2,1H3. The van der Waals surface area contributed by atoms with E-state index in [0.29, 0.717) is 11.3 Å². The minimum Gasteiger partial charge on any atom is -0.491 e. The predicted octanol–water partition coefficient (Wildman–Crippen LogP) is 0.0195. The van der Waals surface area contributed by atoms with Crippen LogP contribution in [-0.2, 0) is 6.61 Å². The predicted molar refractivity (Wildman–Crippen MR) is 54.5 cm³/mol. The van der Waals surface area contributed by atoms with E-state index in [1.807, 2.05) is 6.92 Å². The van der Waals surface area contributed by atoms with Crippen molar-refractivity contribution in [1.82, 2.24) is 0 Å². The van der Waals surface area contributed by atoms with Crippen molar-refractivity contribution >= 4 is 0 Å². The fraction of sp³-hybridized carbons (Fsp3) is 0.455. The lowest BCUT2D eigenvalue weighted by molar-refractivity contribution is 0.0535. The van der Waals surface area contributed by atoms with Crippen LogP contribution in [0.4, 0.5) is 0 Å². The average molecular weight is 211 g/mol. The Hall–Kier alpha value is -1.10. The molecule has 1 rings (SSSR count). The van der Waals surface area contributed by atoms with Gasteiger partial charge in [-0.2, -0.15) is 0 Å². The van der Waals surface area contributed by atoms with Gasteiger partial charge in [0.05, 0.1) is 13.2 Å². The van der Waals surface area contributed by atoms with E-state index in [0.717, 1.165) is 5.56 Å².